The van der Waals surface area contributed by atoms with Gasteiger partial charge in [0.1, 0.15) is 11.4 Å². The van der Waals surface area contributed by atoms with E-state index in [0.29, 0.717) is 18.7 Å². The predicted molar refractivity (Wildman–Crippen MR) is 141 cm³/mol. The molecule has 8 heteroatoms. The number of amides is 2. The van der Waals surface area contributed by atoms with E-state index in [2.05, 4.69) is 5.32 Å². The van der Waals surface area contributed by atoms with Crippen LogP contribution in [-0.4, -0.2) is 46.4 Å². The third-order valence-corrected chi connectivity index (χ3v) is 9.38. The number of carbonyl (C=O) groups is 3. The van der Waals surface area contributed by atoms with Gasteiger partial charge in [-0.05, 0) is 29.0 Å². The zero-order valence-electron chi connectivity index (χ0n) is 20.0. The van der Waals surface area contributed by atoms with Gasteiger partial charge in [-0.15, -0.1) is 23.1 Å². The highest BCUT2D eigenvalue weighted by Gasteiger charge is 2.57. The van der Waals surface area contributed by atoms with Crippen molar-refractivity contribution in [1.29, 1.82) is 0 Å². The van der Waals surface area contributed by atoms with E-state index in [1.165, 1.54) is 11.3 Å². The number of esters is 1. The molecule has 0 bridgehead atoms. The molecule has 3 aromatic rings. The van der Waals surface area contributed by atoms with E-state index in [9.17, 15) is 14.4 Å². The molecule has 2 saturated heterocycles. The third kappa shape index (κ3) is 4.80. The fourth-order valence-electron chi connectivity index (χ4n) is 4.72. The van der Waals surface area contributed by atoms with E-state index in [4.69, 9.17) is 4.74 Å². The summed E-state index contributed by atoms with van der Waals surface area (Å²) in [5, 5.41) is 4.67. The number of nitrogens with zero attached hydrogens (tertiary/aromatic N) is 1. The van der Waals surface area contributed by atoms with Gasteiger partial charge in [0.15, 0.2) is 6.10 Å². The summed E-state index contributed by atoms with van der Waals surface area (Å²) in [4.78, 5) is 41.8. The number of β-lactam (4-membered cyclic amide) rings is 1. The summed E-state index contributed by atoms with van der Waals surface area (Å²) in [6.07, 6.45) is 0.299. The first-order valence-electron chi connectivity index (χ1n) is 12.1. The molecule has 186 valence electrons. The van der Waals surface area contributed by atoms with Crippen LogP contribution in [-0.2, 0) is 25.5 Å². The second-order valence-corrected chi connectivity index (χ2v) is 11.3. The molecule has 2 aliphatic rings. The summed E-state index contributed by atoms with van der Waals surface area (Å²) in [5.41, 5.74) is 1.00. The zero-order valence-corrected chi connectivity index (χ0v) is 21.6. The number of rotatable bonds is 8. The van der Waals surface area contributed by atoms with Crippen molar-refractivity contribution in [3.05, 3.63) is 94.2 Å². The lowest BCUT2D eigenvalue weighted by Gasteiger charge is -2.54. The minimum atomic E-state index is -0.801. The maximum atomic E-state index is 13.7. The van der Waals surface area contributed by atoms with E-state index in [-0.39, 0.29) is 29.6 Å². The molecule has 2 amide bonds. The Bertz CT molecular complexity index is 1180. The van der Waals surface area contributed by atoms with Crippen LogP contribution >= 0.6 is 23.1 Å². The molecule has 2 aromatic carbocycles. The highest BCUT2D eigenvalue weighted by atomic mass is 32.2. The Morgan fingerprint density at radius 1 is 1.06 bits per heavy atom. The summed E-state index contributed by atoms with van der Waals surface area (Å²) in [5.74, 6) is -0.0623. The lowest BCUT2D eigenvalue weighted by molar-refractivity contribution is -0.166. The predicted octanol–water partition coefficient (Wildman–Crippen LogP) is 4.42. The molecule has 36 heavy (non-hydrogen) atoms. The standard InChI is InChI=1S/C28H28N2O4S2/c1-2-28(27(33)34-24(19-10-5-3-6-11-19)20-12-7-4-8-13-20)17-30-25(32)23(26(30)36-18-28)29-22(31)16-21-14-9-15-35-21/h3-15,23-24,26H,2,16-18H2,1H3,(H,29,31)/t23?,26-,28?/m1/s1. The van der Waals surface area contributed by atoms with Crippen LogP contribution in [0.2, 0.25) is 0 Å². The van der Waals surface area contributed by atoms with Crippen LogP contribution in [0.5, 0.6) is 0 Å². The Morgan fingerprint density at radius 2 is 1.72 bits per heavy atom. The minimum absolute atomic E-state index is 0.139. The van der Waals surface area contributed by atoms with Crippen molar-refractivity contribution in [3.63, 3.8) is 0 Å². The number of hydrogen-bond donors (Lipinski definition) is 1. The van der Waals surface area contributed by atoms with Crippen LogP contribution in [0.15, 0.2) is 78.2 Å². The maximum absolute atomic E-state index is 13.7. The molecule has 0 spiro atoms. The molecule has 3 atom stereocenters. The third-order valence-electron chi connectivity index (χ3n) is 6.92. The van der Waals surface area contributed by atoms with E-state index in [1.807, 2.05) is 85.1 Å². The highest BCUT2D eigenvalue weighted by molar-refractivity contribution is 8.00. The molecule has 1 N–H and O–H groups in total. The van der Waals surface area contributed by atoms with Crippen molar-refractivity contribution in [2.24, 2.45) is 5.41 Å². The lowest BCUT2D eigenvalue weighted by Crippen LogP contribution is -2.73. The van der Waals surface area contributed by atoms with Gasteiger partial charge in [0.25, 0.3) is 0 Å². The lowest BCUT2D eigenvalue weighted by atomic mass is 9.84. The van der Waals surface area contributed by atoms with Crippen LogP contribution in [0.25, 0.3) is 0 Å². The van der Waals surface area contributed by atoms with Crippen molar-refractivity contribution in [2.75, 3.05) is 12.3 Å². The van der Waals surface area contributed by atoms with Crippen molar-refractivity contribution >= 4 is 40.9 Å². The Morgan fingerprint density at radius 3 is 2.31 bits per heavy atom. The summed E-state index contributed by atoms with van der Waals surface area (Å²) in [7, 11) is 0. The van der Waals surface area contributed by atoms with Crippen LogP contribution in [0.1, 0.15) is 35.5 Å². The van der Waals surface area contributed by atoms with E-state index in [1.54, 1.807) is 16.7 Å². The van der Waals surface area contributed by atoms with Gasteiger partial charge >= 0.3 is 5.97 Å². The van der Waals surface area contributed by atoms with Crippen LogP contribution < -0.4 is 5.32 Å². The number of carbonyl (C=O) groups excluding carboxylic acids is 3. The summed E-state index contributed by atoms with van der Waals surface area (Å²) in [6.45, 7) is 2.26. The zero-order chi connectivity index (χ0) is 25.1. The second kappa shape index (κ2) is 10.5. The number of hydrogen-bond acceptors (Lipinski definition) is 6. The molecular weight excluding hydrogens is 492 g/mol. The van der Waals surface area contributed by atoms with Gasteiger partial charge in [0.2, 0.25) is 11.8 Å². The molecule has 2 aliphatic heterocycles. The molecule has 0 radical (unpaired) electrons. The number of thiophene rings is 1. The van der Waals surface area contributed by atoms with Crippen molar-refractivity contribution in [2.45, 2.75) is 37.3 Å². The first-order valence-corrected chi connectivity index (χ1v) is 14.0. The quantitative estimate of drug-likeness (QED) is 0.352. The largest absolute Gasteiger partial charge is 0.452 e. The van der Waals surface area contributed by atoms with Crippen molar-refractivity contribution in [3.8, 4) is 0 Å². The van der Waals surface area contributed by atoms with E-state index >= 15 is 0 Å². The van der Waals surface area contributed by atoms with Gasteiger partial charge in [-0.25, -0.2) is 0 Å². The molecular formula is C28H28N2O4S2. The molecule has 3 heterocycles. The highest BCUT2D eigenvalue weighted by Crippen LogP contribution is 2.45. The number of ether oxygens (including phenoxy) is 1. The number of nitrogens with one attached hydrogen (secondary N) is 1. The van der Waals surface area contributed by atoms with Crippen LogP contribution in [0.4, 0.5) is 0 Å². The fraction of sp³-hybridized carbons (Fsp3) is 0.321. The maximum Gasteiger partial charge on any atom is 0.315 e. The topological polar surface area (TPSA) is 75.7 Å². The normalized spacial score (nSPS) is 23.1. The van der Waals surface area contributed by atoms with Crippen LogP contribution in [0, 0.1) is 5.41 Å². The van der Waals surface area contributed by atoms with Crippen molar-refractivity contribution in [1.82, 2.24) is 10.2 Å². The van der Waals surface area contributed by atoms with Crippen molar-refractivity contribution < 1.29 is 19.1 Å². The van der Waals surface area contributed by atoms with Gasteiger partial charge in [-0.3, -0.25) is 14.4 Å². The Balaban J connectivity index is 1.28. The molecule has 0 aliphatic carbocycles. The van der Waals surface area contributed by atoms with Gasteiger partial charge in [-0.2, -0.15) is 0 Å². The smallest absolute Gasteiger partial charge is 0.315 e. The molecule has 0 saturated carbocycles. The molecule has 5 rings (SSSR count). The minimum Gasteiger partial charge on any atom is -0.452 e. The number of fused-ring (bicyclic) bond motifs is 1. The molecule has 2 unspecified atom stereocenters. The summed E-state index contributed by atoms with van der Waals surface area (Å²) >= 11 is 3.07. The molecule has 1 aromatic heterocycles. The van der Waals surface area contributed by atoms with E-state index in [0.717, 1.165) is 16.0 Å². The first-order chi connectivity index (χ1) is 17.5. The Kier molecular flexibility index (Phi) is 7.16. The number of thioether (sulfide) groups is 1. The van der Waals surface area contributed by atoms with E-state index < -0.39 is 17.6 Å². The van der Waals surface area contributed by atoms with Gasteiger partial charge in [0, 0.05) is 17.2 Å². The monoisotopic (exact) mass is 520 g/mol. The fourth-order valence-corrected chi connectivity index (χ4v) is 7.06. The Labute approximate surface area is 219 Å². The molecule has 6 nitrogen and oxygen atoms in total. The van der Waals surface area contributed by atoms with Gasteiger partial charge in [0.05, 0.1) is 11.8 Å². The average molecular weight is 521 g/mol. The van der Waals surface area contributed by atoms with Crippen LogP contribution in [0.3, 0.4) is 0 Å². The SMILES string of the molecule is CCC1(C(=O)OC(c2ccccc2)c2ccccc2)CS[C@@H]2C(NC(=O)Cc3cccs3)C(=O)N2C1. The Hall–Kier alpha value is -3.10. The summed E-state index contributed by atoms with van der Waals surface area (Å²) < 4.78 is 6.19. The average Bonchev–Trinajstić information content (AvgIpc) is 3.43. The van der Waals surface area contributed by atoms with Gasteiger partial charge < -0.3 is 15.0 Å². The second-order valence-electron chi connectivity index (χ2n) is 9.21. The number of benzene rings is 2. The van der Waals surface area contributed by atoms with Gasteiger partial charge in [-0.1, -0.05) is 73.7 Å². The summed E-state index contributed by atoms with van der Waals surface area (Å²) in [6, 6.07) is 22.7. The first kappa shape index (κ1) is 24.6. The molecule has 2 fully saturated rings.